The van der Waals surface area contributed by atoms with Crippen molar-refractivity contribution in [3.05, 3.63) is 29.8 Å². The number of likely N-dealkylation sites (tertiary alicyclic amines) is 1. The van der Waals surface area contributed by atoms with Gasteiger partial charge in [-0.1, -0.05) is 12.1 Å². The Labute approximate surface area is 123 Å². The average Bonchev–Trinajstić information content (AvgIpc) is 2.54. The van der Waals surface area contributed by atoms with Gasteiger partial charge in [-0.2, -0.15) is 0 Å². The molecule has 1 fully saturated rings. The topological polar surface area (TPSA) is 90.2 Å². The van der Waals surface area contributed by atoms with Crippen molar-refractivity contribution in [3.8, 4) is 5.75 Å². The fraction of sp³-hybridized carbons (Fsp3) is 0.533. The Morgan fingerprint density at radius 3 is 2.38 bits per heavy atom. The summed E-state index contributed by atoms with van der Waals surface area (Å²) in [6.07, 6.45) is -0.606. The highest BCUT2D eigenvalue weighted by Gasteiger charge is 2.35. The monoisotopic (exact) mass is 295 g/mol. The maximum Gasteiger partial charge on any atom is 0.256 e. The van der Waals surface area contributed by atoms with E-state index in [1.54, 1.807) is 31.4 Å². The third kappa shape index (κ3) is 3.53. The Morgan fingerprint density at radius 2 is 1.90 bits per heavy atom. The van der Waals surface area contributed by atoms with Crippen molar-refractivity contribution in [1.82, 2.24) is 4.90 Å². The van der Waals surface area contributed by atoms with E-state index < -0.39 is 11.7 Å². The van der Waals surface area contributed by atoms with Gasteiger partial charge in [-0.3, -0.25) is 4.79 Å². The van der Waals surface area contributed by atoms with Gasteiger partial charge in [-0.05, 0) is 30.5 Å². The summed E-state index contributed by atoms with van der Waals surface area (Å²) in [5.41, 5.74) is -0.606. The van der Waals surface area contributed by atoms with Gasteiger partial charge in [0.25, 0.3) is 5.91 Å². The van der Waals surface area contributed by atoms with Crippen molar-refractivity contribution in [3.63, 3.8) is 0 Å². The second-order valence-corrected chi connectivity index (χ2v) is 5.38. The first-order valence-electron chi connectivity index (χ1n) is 6.93. The Hall–Kier alpha value is -1.63. The second-order valence-electron chi connectivity index (χ2n) is 5.38. The summed E-state index contributed by atoms with van der Waals surface area (Å²) in [6, 6.07) is 6.67. The molecule has 116 valence electrons. The normalized spacial score (nSPS) is 19.1. The minimum atomic E-state index is -1.23. The van der Waals surface area contributed by atoms with Gasteiger partial charge in [0.1, 0.15) is 5.75 Å². The molecule has 21 heavy (non-hydrogen) atoms. The Morgan fingerprint density at radius 1 is 1.33 bits per heavy atom. The summed E-state index contributed by atoms with van der Waals surface area (Å²) in [4.78, 5) is 13.8. The number of carbonyl (C=O) groups excluding carboxylic acids is 1. The number of rotatable bonds is 4. The number of aliphatic hydroxyl groups is 3. The third-order valence-corrected chi connectivity index (χ3v) is 3.97. The van der Waals surface area contributed by atoms with Crippen molar-refractivity contribution in [2.75, 3.05) is 26.8 Å². The quantitative estimate of drug-likeness (QED) is 0.731. The van der Waals surface area contributed by atoms with Crippen LogP contribution in [0.15, 0.2) is 24.3 Å². The number of benzene rings is 1. The van der Waals surface area contributed by atoms with Crippen LogP contribution in [0.2, 0.25) is 0 Å². The summed E-state index contributed by atoms with van der Waals surface area (Å²) in [6.45, 7) is 0.336. The zero-order valence-corrected chi connectivity index (χ0v) is 12.0. The Balaban J connectivity index is 1.99. The first-order valence-corrected chi connectivity index (χ1v) is 6.93. The van der Waals surface area contributed by atoms with Crippen LogP contribution in [0.1, 0.15) is 24.5 Å². The zero-order chi connectivity index (χ0) is 15.5. The van der Waals surface area contributed by atoms with Crippen molar-refractivity contribution in [2.24, 2.45) is 0 Å². The van der Waals surface area contributed by atoms with Crippen LogP contribution in [0.4, 0.5) is 0 Å². The third-order valence-electron chi connectivity index (χ3n) is 3.97. The van der Waals surface area contributed by atoms with Crippen molar-refractivity contribution >= 4 is 5.91 Å². The lowest BCUT2D eigenvalue weighted by atomic mass is 9.92. The number of nitrogens with zero attached hydrogens (tertiary/aromatic N) is 1. The molecule has 6 heteroatoms. The lowest BCUT2D eigenvalue weighted by Crippen LogP contribution is -2.49. The number of hydrogen-bond acceptors (Lipinski definition) is 5. The average molecular weight is 295 g/mol. The Bertz CT molecular complexity index is 479. The predicted octanol–water partition coefficient (Wildman–Crippen LogP) is 0.0744. The molecule has 0 spiro atoms. The lowest BCUT2D eigenvalue weighted by Gasteiger charge is -2.37. The lowest BCUT2D eigenvalue weighted by molar-refractivity contribution is -0.146. The number of methoxy groups -OCH3 is 1. The van der Waals surface area contributed by atoms with Gasteiger partial charge in [0.15, 0.2) is 6.10 Å². The van der Waals surface area contributed by atoms with E-state index >= 15 is 0 Å². The van der Waals surface area contributed by atoms with Crippen molar-refractivity contribution in [2.45, 2.75) is 24.5 Å². The van der Waals surface area contributed by atoms with Gasteiger partial charge in [-0.15, -0.1) is 0 Å². The maximum absolute atomic E-state index is 12.3. The molecule has 1 aromatic carbocycles. The number of aliphatic hydroxyl groups excluding tert-OH is 2. The molecule has 1 aliphatic heterocycles. The van der Waals surface area contributed by atoms with Gasteiger partial charge in [0, 0.05) is 13.1 Å². The molecule has 2 rings (SSSR count). The molecule has 0 aromatic heterocycles. The fourth-order valence-corrected chi connectivity index (χ4v) is 2.40. The highest BCUT2D eigenvalue weighted by molar-refractivity contribution is 5.82. The van der Waals surface area contributed by atoms with Gasteiger partial charge in [0.2, 0.25) is 0 Å². The molecular formula is C15H21NO5. The van der Waals surface area contributed by atoms with Crippen LogP contribution >= 0.6 is 0 Å². The molecule has 3 N–H and O–H groups in total. The summed E-state index contributed by atoms with van der Waals surface area (Å²) in [5, 5.41) is 29.2. The molecule has 1 heterocycles. The van der Waals surface area contributed by atoms with Crippen LogP contribution in [0, 0.1) is 0 Å². The van der Waals surface area contributed by atoms with Crippen molar-refractivity contribution in [1.29, 1.82) is 0 Å². The van der Waals surface area contributed by atoms with Crippen LogP contribution in [-0.2, 0) is 4.79 Å². The summed E-state index contributed by atoms with van der Waals surface area (Å²) >= 11 is 0. The van der Waals surface area contributed by atoms with Gasteiger partial charge in [0.05, 0.1) is 19.3 Å². The molecule has 0 saturated carbocycles. The number of carbonyl (C=O) groups is 1. The van der Waals surface area contributed by atoms with Crippen LogP contribution in [-0.4, -0.2) is 58.5 Å². The number of ether oxygens (including phenoxy) is 1. The summed E-state index contributed by atoms with van der Waals surface area (Å²) in [5.74, 6) is 0.268. The summed E-state index contributed by atoms with van der Waals surface area (Å²) in [7, 11) is 1.55. The van der Waals surface area contributed by atoms with Crippen molar-refractivity contribution < 1.29 is 24.9 Å². The van der Waals surface area contributed by atoms with E-state index in [4.69, 9.17) is 9.84 Å². The van der Waals surface area contributed by atoms with Crippen LogP contribution in [0.25, 0.3) is 0 Å². The highest BCUT2D eigenvalue weighted by Crippen LogP contribution is 2.25. The molecule has 0 aliphatic carbocycles. The molecule has 1 aliphatic rings. The van der Waals surface area contributed by atoms with Crippen LogP contribution in [0.5, 0.6) is 5.75 Å². The van der Waals surface area contributed by atoms with Gasteiger partial charge < -0.3 is 25.0 Å². The first kappa shape index (κ1) is 15.8. The highest BCUT2D eigenvalue weighted by atomic mass is 16.5. The number of amides is 1. The summed E-state index contributed by atoms with van der Waals surface area (Å²) < 4.78 is 5.03. The van der Waals surface area contributed by atoms with Crippen LogP contribution in [0.3, 0.4) is 0 Å². The smallest absolute Gasteiger partial charge is 0.256 e. The van der Waals surface area contributed by atoms with E-state index in [2.05, 4.69) is 0 Å². The predicted molar refractivity (Wildman–Crippen MR) is 75.8 cm³/mol. The van der Waals surface area contributed by atoms with E-state index in [1.165, 1.54) is 4.90 Å². The first-order chi connectivity index (χ1) is 9.99. The molecule has 6 nitrogen and oxygen atoms in total. The maximum atomic E-state index is 12.3. The number of piperidine rings is 1. The Kier molecular flexibility index (Phi) is 4.82. The molecule has 0 unspecified atom stereocenters. The second kappa shape index (κ2) is 6.43. The molecule has 1 atom stereocenters. The van der Waals surface area contributed by atoms with E-state index in [1.807, 2.05) is 0 Å². The molecule has 0 bridgehead atoms. The largest absolute Gasteiger partial charge is 0.497 e. The minimum absolute atomic E-state index is 0.309. The van der Waals surface area contributed by atoms with Gasteiger partial charge >= 0.3 is 0 Å². The van der Waals surface area contributed by atoms with E-state index in [9.17, 15) is 15.0 Å². The molecular weight excluding hydrogens is 274 g/mol. The molecule has 1 saturated heterocycles. The standard InChI is InChI=1S/C15H21NO5/c1-21-12-4-2-11(3-5-12)13(18)14(19)16-8-6-15(20,10-17)7-9-16/h2-5,13,17-18,20H,6-10H2,1H3/t13-/m0/s1. The zero-order valence-electron chi connectivity index (χ0n) is 12.0. The molecule has 1 amide bonds. The number of hydrogen-bond donors (Lipinski definition) is 3. The van der Waals surface area contributed by atoms with Gasteiger partial charge in [-0.25, -0.2) is 0 Å². The van der Waals surface area contributed by atoms with Crippen LogP contribution < -0.4 is 4.74 Å². The van der Waals surface area contributed by atoms with E-state index in [-0.39, 0.29) is 12.5 Å². The minimum Gasteiger partial charge on any atom is -0.497 e. The SMILES string of the molecule is COc1ccc([C@H](O)C(=O)N2CCC(O)(CO)CC2)cc1. The van der Waals surface area contributed by atoms with E-state index in [0.29, 0.717) is 37.2 Å². The molecule has 0 radical (unpaired) electrons. The molecule has 1 aromatic rings. The fourth-order valence-electron chi connectivity index (χ4n) is 2.40. The van der Waals surface area contributed by atoms with E-state index in [0.717, 1.165) is 0 Å².